The average Bonchev–Trinajstić information content (AvgIpc) is 3.47. The number of benzene rings is 3. The molecule has 0 aliphatic rings. The Morgan fingerprint density at radius 1 is 1.00 bits per heavy atom. The van der Waals surface area contributed by atoms with Crippen LogP contribution in [-0.4, -0.2) is 38.0 Å². The Labute approximate surface area is 211 Å². The molecule has 0 saturated heterocycles. The predicted molar refractivity (Wildman–Crippen MR) is 141 cm³/mol. The molecule has 0 atom stereocenters. The number of carbonyl (C=O) groups excluding carboxylic acids is 1. The van der Waals surface area contributed by atoms with Crippen molar-refractivity contribution in [2.24, 2.45) is 0 Å². The number of ketones is 1. The molecule has 0 amide bonds. The van der Waals surface area contributed by atoms with Crippen LogP contribution in [0.1, 0.15) is 21.5 Å². The first-order valence-electron chi connectivity index (χ1n) is 11.1. The zero-order valence-corrected chi connectivity index (χ0v) is 20.6. The summed E-state index contributed by atoms with van der Waals surface area (Å²) in [5.74, 6) is 2.18. The van der Waals surface area contributed by atoms with E-state index in [1.807, 2.05) is 60.7 Å². The van der Waals surface area contributed by atoms with Gasteiger partial charge in [0, 0.05) is 16.9 Å². The normalized spacial score (nSPS) is 11.3. The van der Waals surface area contributed by atoms with E-state index in [0.29, 0.717) is 12.2 Å². The van der Waals surface area contributed by atoms with Gasteiger partial charge in [-0.15, -0.1) is 15.3 Å². The molecule has 0 unspecified atom stereocenters. The molecule has 0 saturated carbocycles. The van der Waals surface area contributed by atoms with Crippen LogP contribution in [0.2, 0.25) is 0 Å². The molecule has 5 rings (SSSR count). The Bertz CT molecular complexity index is 1460. The molecule has 8 heteroatoms. The lowest BCUT2D eigenvalue weighted by Gasteiger charge is -2.05. The maximum absolute atomic E-state index is 12.4. The van der Waals surface area contributed by atoms with Crippen LogP contribution in [0, 0.1) is 6.92 Å². The van der Waals surface area contributed by atoms with Crippen LogP contribution in [0.4, 0.5) is 0 Å². The first kappa shape index (κ1) is 23.0. The summed E-state index contributed by atoms with van der Waals surface area (Å²) >= 11 is 3.13. The fourth-order valence-corrected chi connectivity index (χ4v) is 5.14. The van der Waals surface area contributed by atoms with Crippen LogP contribution in [0.5, 0.6) is 5.75 Å². The lowest BCUT2D eigenvalue weighted by molar-refractivity contribution is 0.104. The highest BCUT2D eigenvalue weighted by Gasteiger charge is 2.13. The number of aromatic nitrogens is 4. The van der Waals surface area contributed by atoms with Crippen molar-refractivity contribution in [3.8, 4) is 17.1 Å². The Balaban J connectivity index is 1.13. The topological polar surface area (TPSA) is 69.4 Å². The summed E-state index contributed by atoms with van der Waals surface area (Å²) in [6.45, 7) is 2.58. The van der Waals surface area contributed by atoms with Gasteiger partial charge in [0.1, 0.15) is 5.75 Å². The molecule has 5 aromatic rings. The number of ether oxygens (including phenoxy) is 1. The molecular formula is C27H22N4O2S2. The van der Waals surface area contributed by atoms with Crippen LogP contribution in [0.15, 0.2) is 89.3 Å². The Morgan fingerprint density at radius 2 is 1.77 bits per heavy atom. The van der Waals surface area contributed by atoms with Crippen molar-refractivity contribution < 1.29 is 9.53 Å². The van der Waals surface area contributed by atoms with Crippen molar-refractivity contribution in [3.05, 3.63) is 102 Å². The van der Waals surface area contributed by atoms with E-state index in [1.54, 1.807) is 34.5 Å². The van der Waals surface area contributed by atoms with Crippen LogP contribution >= 0.6 is 23.1 Å². The number of rotatable bonds is 9. The average molecular weight is 499 g/mol. The van der Waals surface area contributed by atoms with E-state index >= 15 is 0 Å². The van der Waals surface area contributed by atoms with E-state index in [0.717, 1.165) is 37.8 Å². The summed E-state index contributed by atoms with van der Waals surface area (Å²) < 4.78 is 8.55. The highest BCUT2D eigenvalue weighted by atomic mass is 32.2. The maximum atomic E-state index is 12.4. The summed E-state index contributed by atoms with van der Waals surface area (Å²) in [6.07, 6.45) is 3.41. The Hall–Kier alpha value is -3.75. The lowest BCUT2D eigenvalue weighted by Crippen LogP contribution is -2.01. The summed E-state index contributed by atoms with van der Waals surface area (Å²) in [7, 11) is 0. The number of hydrogen-bond donors (Lipinski definition) is 0. The van der Waals surface area contributed by atoms with Crippen LogP contribution in [-0.2, 0) is 0 Å². The first-order chi connectivity index (χ1) is 17.2. The van der Waals surface area contributed by atoms with Gasteiger partial charge in [-0.1, -0.05) is 89.3 Å². The number of nitrogens with zero attached hydrogens (tertiary/aromatic N) is 4. The fourth-order valence-electron chi connectivity index (χ4n) is 3.38. The van der Waals surface area contributed by atoms with Crippen molar-refractivity contribution in [2.75, 3.05) is 12.4 Å². The maximum Gasteiger partial charge on any atom is 0.235 e. The smallest absolute Gasteiger partial charge is 0.235 e. The summed E-state index contributed by atoms with van der Waals surface area (Å²) in [6, 6.07) is 25.2. The van der Waals surface area contributed by atoms with Gasteiger partial charge in [-0.3, -0.25) is 4.79 Å². The first-order valence-corrected chi connectivity index (χ1v) is 12.9. The number of thioether (sulfide) groups is 1. The Morgan fingerprint density at radius 3 is 2.54 bits per heavy atom. The minimum atomic E-state index is -0.0377. The molecule has 0 radical (unpaired) electrons. The third-order valence-electron chi connectivity index (χ3n) is 5.23. The number of hydrogen-bond acceptors (Lipinski definition) is 7. The summed E-state index contributed by atoms with van der Waals surface area (Å²) in [5, 5.41) is 13.2. The van der Waals surface area contributed by atoms with Crippen LogP contribution < -0.4 is 4.74 Å². The molecule has 174 valence electrons. The Kier molecular flexibility index (Phi) is 7.02. The van der Waals surface area contributed by atoms with Crippen LogP contribution in [0.3, 0.4) is 0 Å². The molecule has 0 N–H and O–H groups in total. The van der Waals surface area contributed by atoms with E-state index in [1.165, 1.54) is 16.9 Å². The quantitative estimate of drug-likeness (QED) is 0.104. The van der Waals surface area contributed by atoms with Crippen molar-refractivity contribution in [2.45, 2.75) is 11.3 Å². The molecule has 0 bridgehead atoms. The fraction of sp³-hybridized carbons (Fsp3) is 0.111. The van der Waals surface area contributed by atoms with Crippen molar-refractivity contribution in [1.82, 2.24) is 19.8 Å². The van der Waals surface area contributed by atoms with Gasteiger partial charge in [0.15, 0.2) is 15.9 Å². The molecule has 0 spiro atoms. The van der Waals surface area contributed by atoms with Crippen molar-refractivity contribution in [1.29, 1.82) is 0 Å². The van der Waals surface area contributed by atoms with Gasteiger partial charge in [0.25, 0.3) is 0 Å². The highest BCUT2D eigenvalue weighted by Crippen LogP contribution is 2.27. The zero-order chi connectivity index (χ0) is 24.0. The zero-order valence-electron chi connectivity index (χ0n) is 19.0. The molecule has 0 aliphatic carbocycles. The van der Waals surface area contributed by atoms with Crippen molar-refractivity contribution in [3.63, 3.8) is 0 Å². The second kappa shape index (κ2) is 10.7. The van der Waals surface area contributed by atoms with E-state index in [-0.39, 0.29) is 5.78 Å². The van der Waals surface area contributed by atoms with E-state index in [9.17, 15) is 4.79 Å². The van der Waals surface area contributed by atoms with Gasteiger partial charge in [0.05, 0.1) is 6.61 Å². The molecule has 3 aromatic carbocycles. The molecule has 6 nitrogen and oxygen atoms in total. The standard InChI is InChI=1S/C27H22N4O2S2/c1-19-7-10-22(11-8-19)25-28-29-26-31(25)30-27(35-26)34-18-17-33-23-14-12-21(13-15-23)24(32)16-9-20-5-3-2-4-6-20/h2-16H,17-18H2,1H3/b16-9+. The second-order valence-electron chi connectivity index (χ2n) is 7.78. The second-order valence-corrected chi connectivity index (χ2v) is 10.1. The minimum Gasteiger partial charge on any atom is -0.493 e. The van der Waals surface area contributed by atoms with E-state index < -0.39 is 0 Å². The predicted octanol–water partition coefficient (Wildman–Crippen LogP) is 6.23. The SMILES string of the molecule is Cc1ccc(-c2nnc3sc(SCCOc4ccc(C(=O)/C=C/c5ccccc5)cc4)nn23)cc1. The van der Waals surface area contributed by atoms with Crippen LogP contribution in [0.25, 0.3) is 22.4 Å². The minimum absolute atomic E-state index is 0.0377. The monoisotopic (exact) mass is 498 g/mol. The van der Waals surface area contributed by atoms with Crippen molar-refractivity contribution >= 4 is 39.9 Å². The highest BCUT2D eigenvalue weighted by molar-refractivity contribution is 8.01. The lowest BCUT2D eigenvalue weighted by atomic mass is 10.1. The molecule has 2 aromatic heterocycles. The van der Waals surface area contributed by atoms with Gasteiger partial charge < -0.3 is 4.74 Å². The van der Waals surface area contributed by atoms with E-state index in [2.05, 4.69) is 34.4 Å². The van der Waals surface area contributed by atoms with Gasteiger partial charge in [-0.05, 0) is 42.8 Å². The molecule has 0 fully saturated rings. The molecule has 0 aliphatic heterocycles. The largest absolute Gasteiger partial charge is 0.493 e. The van der Waals surface area contributed by atoms with Gasteiger partial charge in [-0.25, -0.2) is 0 Å². The number of fused-ring (bicyclic) bond motifs is 1. The number of aryl methyl sites for hydroxylation is 1. The molecule has 2 heterocycles. The third kappa shape index (κ3) is 5.67. The number of allylic oxidation sites excluding steroid dienone is 1. The molecular weight excluding hydrogens is 476 g/mol. The van der Waals surface area contributed by atoms with Gasteiger partial charge in [-0.2, -0.15) is 4.52 Å². The summed E-state index contributed by atoms with van der Waals surface area (Å²) in [5.41, 5.74) is 3.81. The summed E-state index contributed by atoms with van der Waals surface area (Å²) in [4.78, 5) is 13.1. The van der Waals surface area contributed by atoms with Gasteiger partial charge >= 0.3 is 0 Å². The third-order valence-corrected chi connectivity index (χ3v) is 7.22. The van der Waals surface area contributed by atoms with Gasteiger partial charge in [0.2, 0.25) is 4.96 Å². The van der Waals surface area contributed by atoms with E-state index in [4.69, 9.17) is 4.74 Å². The number of carbonyl (C=O) groups is 1. The molecule has 35 heavy (non-hydrogen) atoms.